The van der Waals surface area contributed by atoms with Crippen molar-refractivity contribution in [3.8, 4) is 10.8 Å². The summed E-state index contributed by atoms with van der Waals surface area (Å²) in [7, 11) is 0. The summed E-state index contributed by atoms with van der Waals surface area (Å²) >= 11 is 1.49. The van der Waals surface area contributed by atoms with Crippen LogP contribution in [0.5, 0.6) is 0 Å². The third-order valence-corrected chi connectivity index (χ3v) is 6.03. The second-order valence-electron chi connectivity index (χ2n) is 7.51. The summed E-state index contributed by atoms with van der Waals surface area (Å²) in [5, 5.41) is 10.5. The van der Waals surface area contributed by atoms with Crippen LogP contribution in [0.2, 0.25) is 0 Å². The number of carbonyl (C=O) groups is 1. The molecule has 0 spiro atoms. The monoisotopic (exact) mass is 436 g/mol. The molecule has 4 aromatic rings. The average Bonchev–Trinajstić information content (AvgIpc) is 3.25. The van der Waals surface area contributed by atoms with Crippen molar-refractivity contribution in [1.82, 2.24) is 19.7 Å². The van der Waals surface area contributed by atoms with Gasteiger partial charge in [0, 0.05) is 12.5 Å². The van der Waals surface area contributed by atoms with Crippen LogP contribution in [0, 0.1) is 0 Å². The number of nitrogens with zero attached hydrogens (tertiary/aromatic N) is 4. The molecule has 1 aliphatic carbocycles. The number of ether oxygens (including phenoxy) is 1. The Labute approximate surface area is 181 Å². The molecule has 5 rings (SSSR count). The minimum absolute atomic E-state index is 0.0446. The lowest BCUT2D eigenvalue weighted by atomic mass is 10.2. The molecular weight excluding hydrogens is 416 g/mol. The van der Waals surface area contributed by atoms with Crippen LogP contribution in [0.15, 0.2) is 51.0 Å². The van der Waals surface area contributed by atoms with Crippen molar-refractivity contribution in [2.45, 2.75) is 44.8 Å². The molecule has 3 aromatic heterocycles. The minimum Gasteiger partial charge on any atom is -0.453 e. The van der Waals surface area contributed by atoms with Gasteiger partial charge in [0.1, 0.15) is 5.82 Å². The van der Waals surface area contributed by atoms with E-state index in [4.69, 9.17) is 9.15 Å². The number of carbonyl (C=O) groups excluding carboxylic acids is 1. The molecule has 1 saturated carbocycles. The number of aryl methyl sites for hydroxylation is 1. The molecule has 9 heteroatoms. The van der Waals surface area contributed by atoms with Crippen molar-refractivity contribution in [1.29, 1.82) is 0 Å². The minimum atomic E-state index is -0.663. The molecule has 1 atom stereocenters. The Bertz CT molecular complexity index is 1290. The van der Waals surface area contributed by atoms with Crippen LogP contribution in [0.25, 0.3) is 21.7 Å². The Morgan fingerprint density at radius 3 is 2.87 bits per heavy atom. The number of aromatic nitrogens is 4. The van der Waals surface area contributed by atoms with E-state index in [1.54, 1.807) is 17.6 Å². The second kappa shape index (κ2) is 8.07. The topological polar surface area (TPSA) is 100 Å². The smallest absolute Gasteiger partial charge is 0.307 e. The maximum Gasteiger partial charge on any atom is 0.307 e. The molecule has 0 aliphatic heterocycles. The predicted molar refractivity (Wildman–Crippen MR) is 115 cm³/mol. The van der Waals surface area contributed by atoms with Gasteiger partial charge in [-0.25, -0.2) is 4.98 Å². The first-order chi connectivity index (χ1) is 15.1. The molecule has 0 bridgehead atoms. The molecule has 158 valence electrons. The van der Waals surface area contributed by atoms with Gasteiger partial charge in [-0.05, 0) is 43.3 Å². The van der Waals surface area contributed by atoms with Gasteiger partial charge < -0.3 is 9.15 Å². The number of thiophene rings is 1. The summed E-state index contributed by atoms with van der Waals surface area (Å²) < 4.78 is 12.8. The van der Waals surface area contributed by atoms with Gasteiger partial charge in [-0.3, -0.25) is 14.2 Å². The molecule has 1 aliphatic rings. The summed E-state index contributed by atoms with van der Waals surface area (Å²) in [6.45, 7) is 1.69. The molecule has 0 amide bonds. The van der Waals surface area contributed by atoms with Gasteiger partial charge in [-0.1, -0.05) is 18.2 Å². The fourth-order valence-electron chi connectivity index (χ4n) is 3.50. The Hall–Kier alpha value is -3.33. The molecule has 0 N–H and O–H groups in total. The summed E-state index contributed by atoms with van der Waals surface area (Å²) in [5.41, 5.74) is 0.602. The summed E-state index contributed by atoms with van der Waals surface area (Å²) in [6, 6.07) is 11.2. The zero-order chi connectivity index (χ0) is 21.4. The van der Waals surface area contributed by atoms with E-state index in [1.807, 2.05) is 35.7 Å². The Morgan fingerprint density at radius 2 is 2.10 bits per heavy atom. The number of para-hydroxylation sites is 1. The molecule has 1 fully saturated rings. The van der Waals surface area contributed by atoms with E-state index < -0.39 is 12.1 Å². The van der Waals surface area contributed by atoms with Crippen LogP contribution in [0.1, 0.15) is 50.0 Å². The highest BCUT2D eigenvalue weighted by molar-refractivity contribution is 7.13. The van der Waals surface area contributed by atoms with E-state index in [0.717, 1.165) is 17.7 Å². The standard InChI is InChI=1S/C22H20N4O4S/c1-13(20-24-25-21(30-20)17-7-4-12-31-17)29-19(27)11-10-18-23-16-6-3-2-5-15(16)22(28)26(18)14-8-9-14/h2-7,12-14H,8-11H2,1H3. The van der Waals surface area contributed by atoms with Crippen molar-refractivity contribution < 1.29 is 13.9 Å². The molecule has 8 nitrogen and oxygen atoms in total. The summed E-state index contributed by atoms with van der Waals surface area (Å²) in [5.74, 6) is 0.860. The van der Waals surface area contributed by atoms with Gasteiger partial charge in [0.2, 0.25) is 0 Å². The number of hydrogen-bond acceptors (Lipinski definition) is 8. The van der Waals surface area contributed by atoms with Crippen LogP contribution < -0.4 is 5.56 Å². The van der Waals surface area contributed by atoms with Crippen LogP contribution in [0.4, 0.5) is 0 Å². The SMILES string of the molecule is CC(OC(=O)CCc1nc2ccccc2c(=O)n1C1CC1)c1nnc(-c2cccs2)o1. The Morgan fingerprint density at radius 1 is 1.26 bits per heavy atom. The van der Waals surface area contributed by atoms with Crippen molar-refractivity contribution in [2.75, 3.05) is 0 Å². The summed E-state index contributed by atoms with van der Waals surface area (Å²) in [4.78, 5) is 30.9. The van der Waals surface area contributed by atoms with E-state index in [-0.39, 0.29) is 23.9 Å². The van der Waals surface area contributed by atoms with E-state index in [1.165, 1.54) is 11.3 Å². The van der Waals surface area contributed by atoms with Crippen LogP contribution in [-0.2, 0) is 16.0 Å². The van der Waals surface area contributed by atoms with E-state index in [9.17, 15) is 9.59 Å². The first kappa shape index (κ1) is 19.6. The average molecular weight is 436 g/mol. The largest absolute Gasteiger partial charge is 0.453 e. The third kappa shape index (κ3) is 4.00. The Kier molecular flexibility index (Phi) is 5.11. The van der Waals surface area contributed by atoms with E-state index >= 15 is 0 Å². The van der Waals surface area contributed by atoms with E-state index in [0.29, 0.717) is 29.0 Å². The van der Waals surface area contributed by atoms with Gasteiger partial charge in [0.25, 0.3) is 17.3 Å². The van der Waals surface area contributed by atoms with Crippen molar-refractivity contribution in [2.24, 2.45) is 0 Å². The fraction of sp³-hybridized carbons (Fsp3) is 0.318. The lowest BCUT2D eigenvalue weighted by Crippen LogP contribution is -2.25. The van der Waals surface area contributed by atoms with Crippen molar-refractivity contribution >= 4 is 28.2 Å². The number of fused-ring (bicyclic) bond motifs is 1. The van der Waals surface area contributed by atoms with Crippen molar-refractivity contribution in [3.63, 3.8) is 0 Å². The number of benzene rings is 1. The van der Waals surface area contributed by atoms with Crippen LogP contribution >= 0.6 is 11.3 Å². The number of rotatable bonds is 7. The number of hydrogen-bond donors (Lipinski definition) is 0. The molecule has 31 heavy (non-hydrogen) atoms. The predicted octanol–water partition coefficient (Wildman–Crippen LogP) is 4.08. The molecule has 1 aromatic carbocycles. The highest BCUT2D eigenvalue weighted by Crippen LogP contribution is 2.35. The molecule has 0 radical (unpaired) electrons. The van der Waals surface area contributed by atoms with Gasteiger partial charge in [0.15, 0.2) is 6.10 Å². The highest BCUT2D eigenvalue weighted by atomic mass is 32.1. The zero-order valence-corrected chi connectivity index (χ0v) is 17.7. The van der Waals surface area contributed by atoms with Crippen LogP contribution in [-0.4, -0.2) is 25.7 Å². The molecule has 1 unspecified atom stereocenters. The first-order valence-electron chi connectivity index (χ1n) is 10.2. The van der Waals surface area contributed by atoms with Crippen molar-refractivity contribution in [3.05, 3.63) is 63.8 Å². The maximum absolute atomic E-state index is 12.9. The first-order valence-corrected chi connectivity index (χ1v) is 11.0. The zero-order valence-electron chi connectivity index (χ0n) is 16.9. The third-order valence-electron chi connectivity index (χ3n) is 5.17. The van der Waals surface area contributed by atoms with E-state index in [2.05, 4.69) is 15.2 Å². The lowest BCUT2D eigenvalue weighted by Gasteiger charge is -2.13. The van der Waals surface area contributed by atoms with Gasteiger partial charge in [-0.2, -0.15) is 0 Å². The molecular formula is C22H20N4O4S. The second-order valence-corrected chi connectivity index (χ2v) is 8.45. The van der Waals surface area contributed by atoms with Gasteiger partial charge in [-0.15, -0.1) is 21.5 Å². The lowest BCUT2D eigenvalue weighted by molar-refractivity contribution is -0.149. The summed E-state index contributed by atoms with van der Waals surface area (Å²) in [6.07, 6.45) is 1.68. The number of esters is 1. The fourth-order valence-corrected chi connectivity index (χ4v) is 4.14. The Balaban J connectivity index is 1.28. The van der Waals surface area contributed by atoms with Crippen LogP contribution in [0.3, 0.4) is 0 Å². The quantitative estimate of drug-likeness (QED) is 0.402. The normalized spacial score (nSPS) is 14.6. The maximum atomic E-state index is 12.9. The highest BCUT2D eigenvalue weighted by Gasteiger charge is 2.28. The molecule has 0 saturated heterocycles. The van der Waals surface area contributed by atoms with Gasteiger partial charge in [0.05, 0.1) is 22.2 Å². The van der Waals surface area contributed by atoms with Gasteiger partial charge >= 0.3 is 5.97 Å². The molecule has 3 heterocycles.